The molecule has 142 valence electrons. The number of benzene rings is 1. The smallest absolute Gasteiger partial charge is 0.253 e. The van der Waals surface area contributed by atoms with Crippen molar-refractivity contribution in [1.82, 2.24) is 19.8 Å². The third-order valence-corrected chi connectivity index (χ3v) is 5.59. The van der Waals surface area contributed by atoms with Crippen LogP contribution in [0, 0.1) is 13.8 Å². The highest BCUT2D eigenvalue weighted by Gasteiger charge is 2.19. The number of thiazole rings is 1. The fraction of sp³-hybridized carbons (Fsp3) is 0.333. The topological polar surface area (TPSA) is 50.2 Å². The van der Waals surface area contributed by atoms with E-state index in [2.05, 4.69) is 27.3 Å². The molecule has 6 heteroatoms. The summed E-state index contributed by atoms with van der Waals surface area (Å²) in [5.41, 5.74) is 3.91. The van der Waals surface area contributed by atoms with Crippen LogP contribution in [0.25, 0.3) is 5.13 Å². The number of nitrogens with zero attached hydrogens (tertiary/aromatic N) is 3. The number of rotatable bonds is 7. The van der Waals surface area contributed by atoms with Crippen molar-refractivity contribution in [2.75, 3.05) is 20.6 Å². The average molecular weight is 383 g/mol. The van der Waals surface area contributed by atoms with Crippen LogP contribution < -0.4 is 5.32 Å². The van der Waals surface area contributed by atoms with Gasteiger partial charge in [-0.2, -0.15) is 0 Å². The summed E-state index contributed by atoms with van der Waals surface area (Å²) in [5.74, 6) is -0.0363. The zero-order valence-corrected chi connectivity index (χ0v) is 17.1. The van der Waals surface area contributed by atoms with E-state index in [4.69, 9.17) is 0 Å². The lowest BCUT2D eigenvalue weighted by Gasteiger charge is -2.24. The van der Waals surface area contributed by atoms with Crippen LogP contribution in [0.3, 0.4) is 0 Å². The van der Waals surface area contributed by atoms with Crippen molar-refractivity contribution in [1.29, 1.82) is 0 Å². The predicted molar refractivity (Wildman–Crippen MR) is 111 cm³/mol. The summed E-state index contributed by atoms with van der Waals surface area (Å²) in [6, 6.07) is 12.5. The van der Waals surface area contributed by atoms with E-state index in [1.54, 1.807) is 17.5 Å². The summed E-state index contributed by atoms with van der Waals surface area (Å²) >= 11 is 1.57. The molecule has 1 atom stereocenters. The van der Waals surface area contributed by atoms with Crippen LogP contribution in [0.15, 0.2) is 48.0 Å². The third-order valence-electron chi connectivity index (χ3n) is 4.83. The van der Waals surface area contributed by atoms with Crippen molar-refractivity contribution in [3.05, 3.63) is 70.5 Å². The van der Waals surface area contributed by atoms with E-state index >= 15 is 0 Å². The highest BCUT2D eigenvalue weighted by molar-refractivity contribution is 7.12. The highest BCUT2D eigenvalue weighted by atomic mass is 32.1. The molecule has 0 saturated carbocycles. The second-order valence-corrected chi connectivity index (χ2v) is 7.83. The third kappa shape index (κ3) is 4.46. The molecule has 0 spiro atoms. The number of likely N-dealkylation sites (N-methyl/N-ethyl adjacent to an activating group) is 1. The quantitative estimate of drug-likeness (QED) is 0.681. The van der Waals surface area contributed by atoms with E-state index < -0.39 is 0 Å². The Morgan fingerprint density at radius 3 is 2.63 bits per heavy atom. The van der Waals surface area contributed by atoms with E-state index in [-0.39, 0.29) is 11.9 Å². The number of aromatic nitrogens is 2. The van der Waals surface area contributed by atoms with Gasteiger partial charge in [0, 0.05) is 35.6 Å². The summed E-state index contributed by atoms with van der Waals surface area (Å²) in [4.78, 5) is 19.3. The fourth-order valence-electron chi connectivity index (χ4n) is 3.24. The molecule has 27 heavy (non-hydrogen) atoms. The Bertz CT molecular complexity index is 885. The molecule has 1 unspecified atom stereocenters. The summed E-state index contributed by atoms with van der Waals surface area (Å²) in [5, 5.41) is 5.95. The van der Waals surface area contributed by atoms with Gasteiger partial charge >= 0.3 is 0 Å². The molecule has 0 saturated heterocycles. The number of carbonyl (C=O) groups is 1. The molecule has 0 aliphatic carbocycles. The van der Waals surface area contributed by atoms with Gasteiger partial charge in [-0.15, -0.1) is 11.3 Å². The summed E-state index contributed by atoms with van der Waals surface area (Å²) in [6.45, 7) is 4.57. The van der Waals surface area contributed by atoms with Gasteiger partial charge in [-0.3, -0.25) is 9.36 Å². The minimum absolute atomic E-state index is 0.0363. The van der Waals surface area contributed by atoms with Crippen molar-refractivity contribution in [2.45, 2.75) is 26.3 Å². The van der Waals surface area contributed by atoms with Crippen LogP contribution in [-0.4, -0.2) is 47.0 Å². The number of aryl methyl sites for hydroxylation is 1. The van der Waals surface area contributed by atoms with Gasteiger partial charge in [0.15, 0.2) is 5.13 Å². The SMILES string of the molecule is Cc1cc(C(=O)NCC(Cc2ccccc2)N(C)C)c(C)n1-c1nccs1. The van der Waals surface area contributed by atoms with Crippen molar-refractivity contribution < 1.29 is 4.79 Å². The standard InChI is InChI=1S/C21H26N4OS/c1-15-12-19(16(2)25(15)21-22-10-11-27-21)20(26)23-14-18(24(3)4)13-17-8-6-5-7-9-17/h5-12,18H,13-14H2,1-4H3,(H,23,26). The second kappa shape index (κ2) is 8.50. The van der Waals surface area contributed by atoms with Crippen molar-refractivity contribution >= 4 is 17.2 Å². The Hall–Kier alpha value is -2.44. The van der Waals surface area contributed by atoms with Crippen LogP contribution in [0.5, 0.6) is 0 Å². The molecule has 0 aliphatic heterocycles. The number of amides is 1. The van der Waals surface area contributed by atoms with Crippen LogP contribution in [0.1, 0.15) is 27.3 Å². The van der Waals surface area contributed by atoms with Gasteiger partial charge in [0.1, 0.15) is 0 Å². The van der Waals surface area contributed by atoms with Crippen LogP contribution in [0.2, 0.25) is 0 Å². The molecule has 3 aromatic rings. The maximum Gasteiger partial charge on any atom is 0.253 e. The van der Waals surface area contributed by atoms with Gasteiger partial charge in [-0.25, -0.2) is 4.98 Å². The van der Waals surface area contributed by atoms with Crippen LogP contribution in [-0.2, 0) is 6.42 Å². The Morgan fingerprint density at radius 1 is 1.26 bits per heavy atom. The van der Waals surface area contributed by atoms with Crippen LogP contribution in [0.4, 0.5) is 0 Å². The first-order valence-electron chi connectivity index (χ1n) is 9.04. The molecule has 0 fully saturated rings. The highest BCUT2D eigenvalue weighted by Crippen LogP contribution is 2.22. The van der Waals surface area contributed by atoms with E-state index in [0.717, 1.165) is 22.9 Å². The van der Waals surface area contributed by atoms with Gasteiger partial charge in [0.25, 0.3) is 5.91 Å². The Kier molecular flexibility index (Phi) is 6.08. The maximum atomic E-state index is 12.8. The Morgan fingerprint density at radius 2 is 2.00 bits per heavy atom. The first-order chi connectivity index (χ1) is 13.0. The molecule has 5 nitrogen and oxygen atoms in total. The fourth-order valence-corrected chi connectivity index (χ4v) is 3.99. The molecular formula is C21H26N4OS. The normalized spacial score (nSPS) is 12.3. The summed E-state index contributed by atoms with van der Waals surface area (Å²) in [7, 11) is 4.10. The predicted octanol–water partition coefficient (Wildman–Crippen LogP) is 3.45. The van der Waals surface area contributed by atoms with E-state index in [0.29, 0.717) is 12.1 Å². The first kappa shape index (κ1) is 19.3. The monoisotopic (exact) mass is 382 g/mol. The average Bonchev–Trinajstić information content (AvgIpc) is 3.26. The van der Waals surface area contributed by atoms with Gasteiger partial charge in [0.05, 0.1) is 5.56 Å². The number of carbonyl (C=O) groups excluding carboxylic acids is 1. The van der Waals surface area contributed by atoms with E-state index in [1.165, 1.54) is 5.56 Å². The number of hydrogen-bond donors (Lipinski definition) is 1. The van der Waals surface area contributed by atoms with Crippen LogP contribution >= 0.6 is 11.3 Å². The van der Waals surface area contributed by atoms with Gasteiger partial charge < -0.3 is 10.2 Å². The lowest BCUT2D eigenvalue weighted by molar-refractivity contribution is 0.0941. The van der Waals surface area contributed by atoms with Crippen molar-refractivity contribution in [3.8, 4) is 5.13 Å². The summed E-state index contributed by atoms with van der Waals surface area (Å²) < 4.78 is 2.03. The lowest BCUT2D eigenvalue weighted by Crippen LogP contribution is -2.41. The zero-order chi connectivity index (χ0) is 19.4. The molecule has 2 aromatic heterocycles. The van der Waals surface area contributed by atoms with E-state index in [9.17, 15) is 4.79 Å². The molecule has 3 rings (SSSR count). The number of hydrogen-bond acceptors (Lipinski definition) is 4. The van der Waals surface area contributed by atoms with E-state index in [1.807, 2.05) is 62.2 Å². The zero-order valence-electron chi connectivity index (χ0n) is 16.3. The minimum atomic E-state index is -0.0363. The van der Waals surface area contributed by atoms with Gasteiger partial charge in [-0.1, -0.05) is 30.3 Å². The Labute approximate surface area is 164 Å². The lowest BCUT2D eigenvalue weighted by atomic mass is 10.1. The first-order valence-corrected chi connectivity index (χ1v) is 9.92. The molecule has 0 aliphatic rings. The van der Waals surface area contributed by atoms with Crippen molar-refractivity contribution in [3.63, 3.8) is 0 Å². The maximum absolute atomic E-state index is 12.8. The molecular weight excluding hydrogens is 356 g/mol. The Balaban J connectivity index is 1.70. The largest absolute Gasteiger partial charge is 0.350 e. The molecule has 1 N–H and O–H groups in total. The molecule has 0 bridgehead atoms. The minimum Gasteiger partial charge on any atom is -0.350 e. The molecule has 2 heterocycles. The number of nitrogens with one attached hydrogen (secondary N) is 1. The molecule has 1 aromatic carbocycles. The van der Waals surface area contributed by atoms with Gasteiger partial charge in [-0.05, 0) is 46.0 Å². The van der Waals surface area contributed by atoms with Crippen molar-refractivity contribution in [2.24, 2.45) is 0 Å². The molecule has 1 amide bonds. The summed E-state index contributed by atoms with van der Waals surface area (Å²) in [6.07, 6.45) is 2.68. The molecule has 0 radical (unpaired) electrons. The second-order valence-electron chi connectivity index (χ2n) is 6.95. The van der Waals surface area contributed by atoms with Gasteiger partial charge in [0.2, 0.25) is 0 Å².